The summed E-state index contributed by atoms with van der Waals surface area (Å²) in [6.07, 6.45) is 5.21. The molecule has 2 aromatic heterocycles. The molecule has 0 aliphatic carbocycles. The van der Waals surface area contributed by atoms with Crippen LogP contribution < -0.4 is 0 Å². The summed E-state index contributed by atoms with van der Waals surface area (Å²) in [6.45, 7) is 5.79. The summed E-state index contributed by atoms with van der Waals surface area (Å²) >= 11 is 0. The standard InChI is InChI=1S/C29H25NO/c1-29(2)17-26-28(23-6-4-3-5-7-23)25(18-30(26)19-29)21-10-8-20(9-11-21)24-13-12-22-14-15-31-27(22)16-24/h3-16,18H,17,19H2,1-2H3. The van der Waals surface area contributed by atoms with Gasteiger partial charge in [-0.15, -0.1) is 0 Å². The van der Waals surface area contributed by atoms with E-state index in [1.807, 2.05) is 6.07 Å². The minimum absolute atomic E-state index is 0.311. The van der Waals surface area contributed by atoms with Crippen LogP contribution in [0.3, 0.4) is 0 Å². The molecule has 0 spiro atoms. The molecule has 0 radical (unpaired) electrons. The van der Waals surface area contributed by atoms with Crippen LogP contribution in [-0.4, -0.2) is 4.57 Å². The van der Waals surface area contributed by atoms with Gasteiger partial charge in [-0.1, -0.05) is 80.6 Å². The molecule has 0 amide bonds. The lowest BCUT2D eigenvalue weighted by Gasteiger charge is -2.16. The smallest absolute Gasteiger partial charge is 0.134 e. The molecule has 0 saturated heterocycles. The maximum absolute atomic E-state index is 5.59. The normalized spacial score (nSPS) is 14.8. The number of benzene rings is 3. The van der Waals surface area contributed by atoms with Gasteiger partial charge in [-0.25, -0.2) is 0 Å². The molecule has 0 unspecified atom stereocenters. The number of rotatable bonds is 3. The molecule has 3 heterocycles. The number of hydrogen-bond acceptors (Lipinski definition) is 1. The Bertz CT molecular complexity index is 1380. The third-order valence-electron chi connectivity index (χ3n) is 6.48. The van der Waals surface area contributed by atoms with Crippen LogP contribution in [0, 0.1) is 5.41 Å². The SMILES string of the molecule is CC1(C)Cc2c(-c3ccccc3)c(-c3ccc(-c4ccc5ccoc5c4)cc3)cn2C1. The van der Waals surface area contributed by atoms with Crippen molar-refractivity contribution < 1.29 is 4.42 Å². The fourth-order valence-electron chi connectivity index (χ4n) is 5.02. The molecule has 1 aliphatic heterocycles. The van der Waals surface area contributed by atoms with Gasteiger partial charge in [0.2, 0.25) is 0 Å². The van der Waals surface area contributed by atoms with Gasteiger partial charge in [0.1, 0.15) is 5.58 Å². The summed E-state index contributed by atoms with van der Waals surface area (Å²) in [6, 6.07) is 28.2. The van der Waals surface area contributed by atoms with Crippen LogP contribution in [0.5, 0.6) is 0 Å². The number of aromatic nitrogens is 1. The lowest BCUT2D eigenvalue weighted by molar-refractivity contribution is 0.359. The average molecular weight is 404 g/mol. The van der Waals surface area contributed by atoms with Gasteiger partial charge in [0, 0.05) is 34.9 Å². The van der Waals surface area contributed by atoms with Crippen molar-refractivity contribution in [3.8, 4) is 33.4 Å². The molecule has 0 saturated carbocycles. The Kier molecular flexibility index (Phi) is 3.97. The van der Waals surface area contributed by atoms with E-state index < -0.39 is 0 Å². The Labute approximate surface area is 182 Å². The van der Waals surface area contributed by atoms with Crippen molar-refractivity contribution >= 4 is 11.0 Å². The highest BCUT2D eigenvalue weighted by Gasteiger charge is 2.32. The molecular weight excluding hydrogens is 378 g/mol. The van der Waals surface area contributed by atoms with E-state index >= 15 is 0 Å². The second kappa shape index (κ2) is 6.75. The summed E-state index contributed by atoms with van der Waals surface area (Å²) < 4.78 is 8.06. The van der Waals surface area contributed by atoms with Gasteiger partial charge in [0.25, 0.3) is 0 Å². The fraction of sp³-hybridized carbons (Fsp3) is 0.172. The Balaban J connectivity index is 1.43. The van der Waals surface area contributed by atoms with Crippen molar-refractivity contribution in [2.45, 2.75) is 26.8 Å². The minimum atomic E-state index is 0.311. The zero-order valence-electron chi connectivity index (χ0n) is 17.9. The van der Waals surface area contributed by atoms with Gasteiger partial charge >= 0.3 is 0 Å². The largest absolute Gasteiger partial charge is 0.464 e. The van der Waals surface area contributed by atoms with Gasteiger partial charge in [-0.3, -0.25) is 0 Å². The molecule has 0 N–H and O–H groups in total. The van der Waals surface area contributed by atoms with E-state index in [-0.39, 0.29) is 0 Å². The lowest BCUT2D eigenvalue weighted by Crippen LogP contribution is -2.12. The van der Waals surface area contributed by atoms with Crippen molar-refractivity contribution in [2.75, 3.05) is 0 Å². The second-order valence-corrected chi connectivity index (χ2v) is 9.45. The third kappa shape index (κ3) is 3.11. The van der Waals surface area contributed by atoms with E-state index in [4.69, 9.17) is 4.42 Å². The van der Waals surface area contributed by atoms with Crippen LogP contribution in [0.2, 0.25) is 0 Å². The van der Waals surface area contributed by atoms with Crippen LogP contribution in [0.4, 0.5) is 0 Å². The van der Waals surface area contributed by atoms with Crippen molar-refractivity contribution in [3.63, 3.8) is 0 Å². The first kappa shape index (κ1) is 18.3. The first-order valence-corrected chi connectivity index (χ1v) is 10.9. The van der Waals surface area contributed by atoms with E-state index in [0.717, 1.165) is 23.9 Å². The molecule has 3 aromatic carbocycles. The van der Waals surface area contributed by atoms with Crippen LogP contribution >= 0.6 is 0 Å². The molecule has 1 aliphatic rings. The van der Waals surface area contributed by atoms with Gasteiger partial charge in [0.05, 0.1) is 6.26 Å². The maximum atomic E-state index is 5.59. The van der Waals surface area contributed by atoms with Gasteiger partial charge in [-0.2, -0.15) is 0 Å². The molecule has 2 heteroatoms. The molecule has 0 fully saturated rings. The summed E-state index contributed by atoms with van der Waals surface area (Å²) in [5, 5.41) is 1.14. The van der Waals surface area contributed by atoms with E-state index in [1.165, 1.54) is 39.1 Å². The Hall–Kier alpha value is -3.52. The summed E-state index contributed by atoms with van der Waals surface area (Å²) in [5.41, 5.74) is 10.4. The summed E-state index contributed by atoms with van der Waals surface area (Å²) in [5.74, 6) is 0. The van der Waals surface area contributed by atoms with Gasteiger partial charge in [0.15, 0.2) is 0 Å². The van der Waals surface area contributed by atoms with Crippen LogP contribution in [0.1, 0.15) is 19.5 Å². The predicted molar refractivity (Wildman–Crippen MR) is 128 cm³/mol. The second-order valence-electron chi connectivity index (χ2n) is 9.45. The van der Waals surface area contributed by atoms with Crippen molar-refractivity contribution in [1.29, 1.82) is 0 Å². The highest BCUT2D eigenvalue weighted by Crippen LogP contribution is 2.44. The topological polar surface area (TPSA) is 18.1 Å². The van der Waals surface area contributed by atoms with E-state index in [9.17, 15) is 0 Å². The molecule has 152 valence electrons. The first-order chi connectivity index (χ1) is 15.1. The minimum Gasteiger partial charge on any atom is -0.464 e. The molecular formula is C29H25NO. The highest BCUT2D eigenvalue weighted by molar-refractivity contribution is 5.87. The number of hydrogen-bond donors (Lipinski definition) is 0. The van der Waals surface area contributed by atoms with Crippen molar-refractivity contribution in [2.24, 2.45) is 5.41 Å². The maximum Gasteiger partial charge on any atom is 0.134 e. The van der Waals surface area contributed by atoms with E-state index in [0.29, 0.717) is 5.41 Å². The Morgan fingerprint density at radius 1 is 0.774 bits per heavy atom. The van der Waals surface area contributed by atoms with Crippen molar-refractivity contribution in [3.05, 3.63) is 97.0 Å². The molecule has 6 rings (SSSR count). The van der Waals surface area contributed by atoms with Gasteiger partial charge in [-0.05, 0) is 46.2 Å². The zero-order valence-corrected chi connectivity index (χ0v) is 17.9. The summed E-state index contributed by atoms with van der Waals surface area (Å²) in [7, 11) is 0. The van der Waals surface area contributed by atoms with E-state index in [1.54, 1.807) is 6.26 Å². The molecule has 5 aromatic rings. The lowest BCUT2D eigenvalue weighted by atomic mass is 9.87. The number of fused-ring (bicyclic) bond motifs is 2. The average Bonchev–Trinajstić information content (AvgIpc) is 3.45. The third-order valence-corrected chi connectivity index (χ3v) is 6.48. The van der Waals surface area contributed by atoms with Gasteiger partial charge < -0.3 is 8.98 Å². The van der Waals surface area contributed by atoms with Crippen LogP contribution in [0.15, 0.2) is 95.7 Å². The summed E-state index contributed by atoms with van der Waals surface area (Å²) in [4.78, 5) is 0. The van der Waals surface area contributed by atoms with Crippen LogP contribution in [0.25, 0.3) is 44.3 Å². The molecule has 2 nitrogen and oxygen atoms in total. The molecule has 0 bridgehead atoms. The fourth-order valence-corrected chi connectivity index (χ4v) is 5.02. The monoisotopic (exact) mass is 403 g/mol. The number of nitrogens with zero attached hydrogens (tertiary/aromatic N) is 1. The quantitative estimate of drug-likeness (QED) is 0.300. The Morgan fingerprint density at radius 3 is 2.32 bits per heavy atom. The first-order valence-electron chi connectivity index (χ1n) is 10.9. The number of furan rings is 1. The Morgan fingerprint density at radius 2 is 1.52 bits per heavy atom. The molecule has 0 atom stereocenters. The molecule has 31 heavy (non-hydrogen) atoms. The predicted octanol–water partition coefficient (Wildman–Crippen LogP) is 7.82. The van der Waals surface area contributed by atoms with E-state index in [2.05, 4.69) is 97.4 Å². The van der Waals surface area contributed by atoms with Crippen molar-refractivity contribution in [1.82, 2.24) is 4.57 Å². The zero-order chi connectivity index (χ0) is 21.0. The highest BCUT2D eigenvalue weighted by atomic mass is 16.3. The van der Waals surface area contributed by atoms with Crippen LogP contribution in [-0.2, 0) is 13.0 Å².